The number of ether oxygens (including phenoxy) is 2. The van der Waals surface area contributed by atoms with Gasteiger partial charge in [0.15, 0.2) is 5.69 Å². The van der Waals surface area contributed by atoms with Gasteiger partial charge < -0.3 is 14.4 Å². The Morgan fingerprint density at radius 3 is 2.74 bits per heavy atom. The van der Waals surface area contributed by atoms with E-state index in [-0.39, 0.29) is 11.5 Å². The van der Waals surface area contributed by atoms with Crippen molar-refractivity contribution in [2.45, 2.75) is 25.0 Å². The van der Waals surface area contributed by atoms with Crippen molar-refractivity contribution in [3.63, 3.8) is 0 Å². The van der Waals surface area contributed by atoms with Crippen LogP contribution in [0.3, 0.4) is 0 Å². The lowest BCUT2D eigenvalue weighted by molar-refractivity contribution is -0.0953. The van der Waals surface area contributed by atoms with Gasteiger partial charge >= 0.3 is 0 Å². The highest BCUT2D eigenvalue weighted by atomic mass is 16.5. The first-order valence-corrected chi connectivity index (χ1v) is 8.32. The number of aryl methyl sites for hydroxylation is 2. The molecule has 0 aliphatic carbocycles. The van der Waals surface area contributed by atoms with Crippen molar-refractivity contribution in [3.05, 3.63) is 17.5 Å². The number of hydrogen-bond acceptors (Lipinski definition) is 5. The summed E-state index contributed by atoms with van der Waals surface area (Å²) in [7, 11) is 1.86. The Kier molecular flexibility index (Phi) is 3.66. The Morgan fingerprint density at radius 1 is 1.35 bits per heavy atom. The van der Waals surface area contributed by atoms with Gasteiger partial charge in [-0.15, -0.1) is 0 Å². The molecule has 0 saturated carbocycles. The second-order valence-corrected chi connectivity index (χ2v) is 6.96. The molecule has 1 amide bonds. The van der Waals surface area contributed by atoms with Crippen LogP contribution in [-0.2, 0) is 16.5 Å². The zero-order valence-corrected chi connectivity index (χ0v) is 13.8. The van der Waals surface area contributed by atoms with Crippen molar-refractivity contribution in [2.75, 3.05) is 46.0 Å². The summed E-state index contributed by atoms with van der Waals surface area (Å²) < 4.78 is 13.2. The van der Waals surface area contributed by atoms with Gasteiger partial charge in [0.25, 0.3) is 5.91 Å². The number of amides is 1. The molecule has 1 aromatic heterocycles. The highest BCUT2D eigenvalue weighted by Crippen LogP contribution is 2.37. The van der Waals surface area contributed by atoms with E-state index in [2.05, 4.69) is 10.00 Å². The van der Waals surface area contributed by atoms with E-state index in [0.717, 1.165) is 45.0 Å². The first kappa shape index (κ1) is 15.1. The third-order valence-electron chi connectivity index (χ3n) is 5.33. The van der Waals surface area contributed by atoms with E-state index in [1.54, 1.807) is 4.68 Å². The fraction of sp³-hybridized carbons (Fsp3) is 0.750. The van der Waals surface area contributed by atoms with Crippen LogP contribution in [0, 0.1) is 6.92 Å². The lowest BCUT2D eigenvalue weighted by Crippen LogP contribution is -2.63. The van der Waals surface area contributed by atoms with Gasteiger partial charge in [0.1, 0.15) is 5.60 Å². The van der Waals surface area contributed by atoms with E-state index in [4.69, 9.17) is 9.47 Å². The van der Waals surface area contributed by atoms with E-state index >= 15 is 0 Å². The van der Waals surface area contributed by atoms with Crippen molar-refractivity contribution in [1.29, 1.82) is 0 Å². The standard InChI is InChI=1S/C16H24N4O3/c1-12-7-14(17-18(12)2)15(21)20-10-16(11-20)8-13(9-23-16)19-3-5-22-6-4-19/h7,13H,3-6,8-11H2,1-2H3. The van der Waals surface area contributed by atoms with E-state index < -0.39 is 0 Å². The predicted molar refractivity (Wildman–Crippen MR) is 83.3 cm³/mol. The van der Waals surface area contributed by atoms with E-state index in [1.165, 1.54) is 0 Å². The highest BCUT2D eigenvalue weighted by molar-refractivity contribution is 5.93. The average Bonchev–Trinajstić information content (AvgIpc) is 3.11. The molecule has 7 nitrogen and oxygen atoms in total. The Bertz CT molecular complexity index is 583. The molecule has 126 valence electrons. The molecule has 3 aliphatic rings. The summed E-state index contributed by atoms with van der Waals surface area (Å²) in [6, 6.07) is 2.31. The van der Waals surface area contributed by atoms with Gasteiger partial charge in [0.2, 0.25) is 0 Å². The molecule has 1 unspecified atom stereocenters. The van der Waals surface area contributed by atoms with E-state index in [1.807, 2.05) is 24.9 Å². The average molecular weight is 320 g/mol. The molecule has 4 rings (SSSR count). The van der Waals surface area contributed by atoms with Crippen LogP contribution in [0.2, 0.25) is 0 Å². The first-order valence-electron chi connectivity index (χ1n) is 8.32. The largest absolute Gasteiger partial charge is 0.379 e. The minimum absolute atomic E-state index is 0.0118. The monoisotopic (exact) mass is 320 g/mol. The first-order chi connectivity index (χ1) is 11.1. The molecule has 0 radical (unpaired) electrons. The van der Waals surface area contributed by atoms with Crippen molar-refractivity contribution in [3.8, 4) is 0 Å². The molecule has 0 aromatic carbocycles. The number of aromatic nitrogens is 2. The molecule has 1 spiro atoms. The summed E-state index contributed by atoms with van der Waals surface area (Å²) in [6.45, 7) is 7.68. The molecular weight excluding hydrogens is 296 g/mol. The van der Waals surface area contributed by atoms with Gasteiger partial charge in [-0.1, -0.05) is 0 Å². The molecule has 0 bridgehead atoms. The summed E-state index contributed by atoms with van der Waals surface area (Å²) in [5, 5.41) is 4.28. The van der Waals surface area contributed by atoms with Crippen molar-refractivity contribution >= 4 is 5.91 Å². The van der Waals surface area contributed by atoms with Gasteiger partial charge in [0, 0.05) is 31.9 Å². The number of carbonyl (C=O) groups is 1. The number of hydrogen-bond donors (Lipinski definition) is 0. The molecule has 0 N–H and O–H groups in total. The van der Waals surface area contributed by atoms with Crippen LogP contribution in [0.4, 0.5) is 0 Å². The second kappa shape index (κ2) is 5.58. The third-order valence-corrected chi connectivity index (χ3v) is 5.33. The third kappa shape index (κ3) is 2.66. The molecular formula is C16H24N4O3. The summed E-state index contributed by atoms with van der Waals surface area (Å²) in [5.74, 6) is 0.0118. The minimum Gasteiger partial charge on any atom is -0.379 e. The molecule has 1 atom stereocenters. The minimum atomic E-state index is -0.136. The van der Waals surface area contributed by atoms with Crippen molar-refractivity contribution < 1.29 is 14.3 Å². The maximum absolute atomic E-state index is 12.5. The summed E-state index contributed by atoms with van der Waals surface area (Å²) >= 11 is 0. The highest BCUT2D eigenvalue weighted by Gasteiger charge is 2.52. The zero-order chi connectivity index (χ0) is 16.0. The Hall–Kier alpha value is -1.44. The van der Waals surface area contributed by atoms with Gasteiger partial charge in [-0.3, -0.25) is 14.4 Å². The lowest BCUT2D eigenvalue weighted by atomic mass is 9.88. The zero-order valence-electron chi connectivity index (χ0n) is 13.8. The molecule has 3 fully saturated rings. The van der Waals surface area contributed by atoms with Gasteiger partial charge in [-0.2, -0.15) is 5.10 Å². The van der Waals surface area contributed by atoms with Gasteiger partial charge in [-0.05, 0) is 19.4 Å². The van der Waals surface area contributed by atoms with Crippen LogP contribution in [0.25, 0.3) is 0 Å². The van der Waals surface area contributed by atoms with Crippen molar-refractivity contribution in [2.24, 2.45) is 7.05 Å². The van der Waals surface area contributed by atoms with Crippen LogP contribution in [0.15, 0.2) is 6.07 Å². The maximum Gasteiger partial charge on any atom is 0.274 e. The summed E-state index contributed by atoms with van der Waals surface area (Å²) in [4.78, 5) is 16.8. The molecule has 1 aromatic rings. The number of likely N-dealkylation sites (tertiary alicyclic amines) is 1. The number of rotatable bonds is 2. The normalized spacial score (nSPS) is 27.4. The van der Waals surface area contributed by atoms with Gasteiger partial charge in [0.05, 0.1) is 32.9 Å². The topological polar surface area (TPSA) is 59.8 Å². The fourth-order valence-electron chi connectivity index (χ4n) is 3.84. The maximum atomic E-state index is 12.5. The fourth-order valence-corrected chi connectivity index (χ4v) is 3.84. The Morgan fingerprint density at radius 2 is 2.09 bits per heavy atom. The Balaban J connectivity index is 1.35. The van der Waals surface area contributed by atoms with Crippen LogP contribution in [0.1, 0.15) is 22.6 Å². The Labute approximate surface area is 136 Å². The molecule has 23 heavy (non-hydrogen) atoms. The smallest absolute Gasteiger partial charge is 0.274 e. The molecule has 3 aliphatic heterocycles. The van der Waals surface area contributed by atoms with E-state index in [9.17, 15) is 4.79 Å². The van der Waals surface area contributed by atoms with Crippen LogP contribution < -0.4 is 0 Å². The van der Waals surface area contributed by atoms with Gasteiger partial charge in [-0.25, -0.2) is 0 Å². The molecule has 3 saturated heterocycles. The summed E-state index contributed by atoms with van der Waals surface area (Å²) in [5.41, 5.74) is 1.39. The van der Waals surface area contributed by atoms with Crippen LogP contribution in [-0.4, -0.2) is 83.1 Å². The van der Waals surface area contributed by atoms with Crippen LogP contribution in [0.5, 0.6) is 0 Å². The molecule has 7 heteroatoms. The predicted octanol–water partition coefficient (Wildman–Crippen LogP) is 0.0442. The van der Waals surface area contributed by atoms with E-state index in [0.29, 0.717) is 24.8 Å². The molecule has 4 heterocycles. The number of carbonyl (C=O) groups excluding carboxylic acids is 1. The number of morpholine rings is 1. The van der Waals surface area contributed by atoms with Crippen molar-refractivity contribution in [1.82, 2.24) is 19.6 Å². The SMILES string of the molecule is Cc1cc(C(=O)N2CC3(CC(N4CCOCC4)CO3)C2)nn1C. The lowest BCUT2D eigenvalue weighted by Gasteiger charge is -2.47. The second-order valence-electron chi connectivity index (χ2n) is 6.96. The summed E-state index contributed by atoms with van der Waals surface area (Å²) in [6.07, 6.45) is 1.01. The quantitative estimate of drug-likeness (QED) is 0.770. The van der Waals surface area contributed by atoms with Crippen LogP contribution >= 0.6 is 0 Å². The number of nitrogens with zero attached hydrogens (tertiary/aromatic N) is 4.